The van der Waals surface area contributed by atoms with Crippen molar-refractivity contribution in [1.29, 1.82) is 0 Å². The number of hydrogen-bond donors (Lipinski definition) is 1. The van der Waals surface area contributed by atoms with E-state index in [0.29, 0.717) is 0 Å². The molecule has 3 aromatic rings. The van der Waals surface area contributed by atoms with Gasteiger partial charge in [-0.2, -0.15) is 0 Å². The average molecular weight is 334 g/mol. The third kappa shape index (κ3) is 4.54. The number of aryl methyl sites for hydroxylation is 1. The van der Waals surface area contributed by atoms with Gasteiger partial charge in [0.2, 0.25) is 0 Å². The second-order valence-electron chi connectivity index (χ2n) is 7.28. The van der Waals surface area contributed by atoms with Crippen molar-refractivity contribution < 1.29 is 0 Å². The maximum absolute atomic E-state index is 6.25. The zero-order valence-corrected chi connectivity index (χ0v) is 15.6. The molecule has 0 aliphatic heterocycles. The predicted molar refractivity (Wildman–Crippen MR) is 112 cm³/mol. The predicted octanol–water partition coefficient (Wildman–Crippen LogP) is 7.26. The topological polar surface area (TPSA) is 26.0 Å². The third-order valence-electron chi connectivity index (χ3n) is 5.31. The largest absolute Gasteiger partial charge is 0.398 e. The van der Waals surface area contributed by atoms with E-state index >= 15 is 0 Å². The number of nitrogen functional groups attached to an aromatic ring is 1. The van der Waals surface area contributed by atoms with Gasteiger partial charge in [-0.1, -0.05) is 82.2 Å². The monoisotopic (exact) mass is 333 g/mol. The maximum atomic E-state index is 6.25. The molecule has 25 heavy (non-hydrogen) atoms. The van der Waals surface area contributed by atoms with Crippen molar-refractivity contribution in [3.63, 3.8) is 0 Å². The van der Waals surface area contributed by atoms with Crippen LogP contribution in [0.2, 0.25) is 0 Å². The lowest BCUT2D eigenvalue weighted by atomic mass is 9.95. The number of unbranched alkanes of at least 4 members (excludes halogenated alkanes) is 7. The van der Waals surface area contributed by atoms with E-state index in [-0.39, 0.29) is 0 Å². The molecule has 0 aliphatic carbocycles. The second kappa shape index (κ2) is 8.89. The van der Waals surface area contributed by atoms with Gasteiger partial charge >= 0.3 is 0 Å². The standard InChI is InChI=1S/C24H31N/c1-2-3-4-5-6-7-8-9-12-19-15-16-24(25)23-18-21-14-11-10-13-20(21)17-22(19)23/h10-11,13-18H,2-9,12,25H2,1H3. The minimum Gasteiger partial charge on any atom is -0.398 e. The number of anilines is 1. The first-order valence-electron chi connectivity index (χ1n) is 9.99. The highest BCUT2D eigenvalue weighted by Gasteiger charge is 2.06. The Balaban J connectivity index is 1.65. The van der Waals surface area contributed by atoms with Crippen molar-refractivity contribution in [2.24, 2.45) is 0 Å². The molecule has 3 rings (SSSR count). The summed E-state index contributed by atoms with van der Waals surface area (Å²) < 4.78 is 0. The Morgan fingerprint density at radius 3 is 1.96 bits per heavy atom. The van der Waals surface area contributed by atoms with Crippen LogP contribution in [0.1, 0.15) is 63.9 Å². The number of fused-ring (bicyclic) bond motifs is 2. The summed E-state index contributed by atoms with van der Waals surface area (Å²) in [5.41, 5.74) is 8.59. The van der Waals surface area contributed by atoms with E-state index in [1.165, 1.54) is 78.5 Å². The molecule has 0 saturated carbocycles. The van der Waals surface area contributed by atoms with Crippen LogP contribution >= 0.6 is 0 Å². The lowest BCUT2D eigenvalue weighted by Gasteiger charge is -2.11. The summed E-state index contributed by atoms with van der Waals surface area (Å²) in [5.74, 6) is 0. The first kappa shape index (κ1) is 17.8. The van der Waals surface area contributed by atoms with Gasteiger partial charge in [-0.15, -0.1) is 0 Å². The van der Waals surface area contributed by atoms with Crippen LogP contribution in [-0.4, -0.2) is 0 Å². The Morgan fingerprint density at radius 1 is 0.680 bits per heavy atom. The summed E-state index contributed by atoms with van der Waals surface area (Å²) in [6.45, 7) is 2.28. The Hall–Kier alpha value is -2.02. The van der Waals surface area contributed by atoms with Gasteiger partial charge in [-0.05, 0) is 52.8 Å². The number of nitrogens with two attached hydrogens (primary N) is 1. The fourth-order valence-electron chi connectivity index (χ4n) is 3.78. The highest BCUT2D eigenvalue weighted by Crippen LogP contribution is 2.30. The van der Waals surface area contributed by atoms with E-state index in [2.05, 4.69) is 55.5 Å². The second-order valence-corrected chi connectivity index (χ2v) is 7.28. The van der Waals surface area contributed by atoms with Gasteiger partial charge < -0.3 is 5.73 Å². The maximum Gasteiger partial charge on any atom is 0.0394 e. The summed E-state index contributed by atoms with van der Waals surface area (Å²) in [4.78, 5) is 0. The summed E-state index contributed by atoms with van der Waals surface area (Å²) >= 11 is 0. The van der Waals surface area contributed by atoms with Gasteiger partial charge in [0.05, 0.1) is 0 Å². The lowest BCUT2D eigenvalue weighted by Crippen LogP contribution is -1.93. The molecule has 132 valence electrons. The van der Waals surface area contributed by atoms with E-state index in [0.717, 1.165) is 12.1 Å². The summed E-state index contributed by atoms with van der Waals surface area (Å²) in [7, 11) is 0. The summed E-state index contributed by atoms with van der Waals surface area (Å²) in [6.07, 6.45) is 12.1. The molecule has 0 aliphatic rings. The molecule has 0 heterocycles. The highest BCUT2D eigenvalue weighted by atomic mass is 14.5. The van der Waals surface area contributed by atoms with Crippen molar-refractivity contribution in [1.82, 2.24) is 0 Å². The zero-order valence-electron chi connectivity index (χ0n) is 15.6. The fraction of sp³-hybridized carbons (Fsp3) is 0.417. The molecule has 0 bridgehead atoms. The zero-order chi connectivity index (χ0) is 17.5. The van der Waals surface area contributed by atoms with Gasteiger partial charge in [0.25, 0.3) is 0 Å². The summed E-state index contributed by atoms with van der Waals surface area (Å²) in [5, 5.41) is 5.11. The molecule has 0 radical (unpaired) electrons. The highest BCUT2D eigenvalue weighted by molar-refractivity contribution is 6.04. The van der Waals surface area contributed by atoms with Gasteiger partial charge in [0.15, 0.2) is 0 Å². The van der Waals surface area contributed by atoms with Crippen molar-refractivity contribution in [3.05, 3.63) is 54.1 Å². The number of benzene rings is 3. The first-order chi connectivity index (χ1) is 12.3. The SMILES string of the molecule is CCCCCCCCCCc1ccc(N)c2cc3ccccc3cc12. The van der Waals surface area contributed by atoms with Gasteiger partial charge in [0.1, 0.15) is 0 Å². The van der Waals surface area contributed by atoms with Crippen LogP contribution in [0.5, 0.6) is 0 Å². The van der Waals surface area contributed by atoms with Gasteiger partial charge in [-0.3, -0.25) is 0 Å². The third-order valence-corrected chi connectivity index (χ3v) is 5.31. The molecule has 0 atom stereocenters. The van der Waals surface area contributed by atoms with Crippen LogP contribution < -0.4 is 5.73 Å². The molecule has 0 fully saturated rings. The van der Waals surface area contributed by atoms with Crippen molar-refractivity contribution in [2.75, 3.05) is 5.73 Å². The van der Waals surface area contributed by atoms with E-state index in [1.54, 1.807) is 0 Å². The molecular weight excluding hydrogens is 302 g/mol. The van der Waals surface area contributed by atoms with E-state index < -0.39 is 0 Å². The Morgan fingerprint density at radius 2 is 1.28 bits per heavy atom. The van der Waals surface area contributed by atoms with Gasteiger partial charge in [-0.25, -0.2) is 0 Å². The van der Waals surface area contributed by atoms with Crippen LogP contribution in [0.25, 0.3) is 21.5 Å². The van der Waals surface area contributed by atoms with E-state index in [1.807, 2.05) is 0 Å². The fourth-order valence-corrected chi connectivity index (χ4v) is 3.78. The van der Waals surface area contributed by atoms with Gasteiger partial charge in [0, 0.05) is 11.1 Å². The molecule has 2 N–H and O–H groups in total. The molecule has 0 spiro atoms. The molecular formula is C24H31N. The minimum absolute atomic E-state index is 0.889. The lowest BCUT2D eigenvalue weighted by molar-refractivity contribution is 0.576. The number of hydrogen-bond acceptors (Lipinski definition) is 1. The van der Waals surface area contributed by atoms with Crippen LogP contribution in [0.4, 0.5) is 5.69 Å². The molecule has 1 nitrogen and oxygen atoms in total. The molecule has 0 unspecified atom stereocenters. The number of rotatable bonds is 9. The Bertz CT molecular complexity index is 819. The van der Waals surface area contributed by atoms with Crippen LogP contribution in [-0.2, 0) is 6.42 Å². The molecule has 0 saturated heterocycles. The average Bonchev–Trinajstić information content (AvgIpc) is 2.64. The van der Waals surface area contributed by atoms with Crippen molar-refractivity contribution in [3.8, 4) is 0 Å². The van der Waals surface area contributed by atoms with Crippen LogP contribution in [0.15, 0.2) is 48.5 Å². The normalized spacial score (nSPS) is 11.4. The van der Waals surface area contributed by atoms with Crippen LogP contribution in [0.3, 0.4) is 0 Å². The Labute approximate surface area is 152 Å². The molecule has 0 aromatic heterocycles. The first-order valence-corrected chi connectivity index (χ1v) is 9.99. The van der Waals surface area contributed by atoms with E-state index in [9.17, 15) is 0 Å². The minimum atomic E-state index is 0.889. The Kier molecular flexibility index (Phi) is 6.33. The molecule has 3 aromatic carbocycles. The molecule has 0 amide bonds. The molecule has 1 heteroatoms. The van der Waals surface area contributed by atoms with E-state index in [4.69, 9.17) is 5.73 Å². The summed E-state index contributed by atoms with van der Waals surface area (Å²) in [6, 6.07) is 17.4. The smallest absolute Gasteiger partial charge is 0.0394 e. The quantitative estimate of drug-likeness (QED) is 0.249. The van der Waals surface area contributed by atoms with Crippen LogP contribution in [0, 0.1) is 0 Å². The van der Waals surface area contributed by atoms with Crippen molar-refractivity contribution >= 4 is 27.2 Å². The van der Waals surface area contributed by atoms with Crippen molar-refractivity contribution in [2.45, 2.75) is 64.7 Å².